The average Bonchev–Trinajstić information content (AvgIpc) is 3.18. The number of hydrogen-bond donors (Lipinski definition) is 2. The third kappa shape index (κ3) is 3.32. The molecular weight excluding hydrogens is 326 g/mol. The van der Waals surface area contributed by atoms with Gasteiger partial charge in [-0.2, -0.15) is 0 Å². The van der Waals surface area contributed by atoms with Crippen molar-refractivity contribution in [3.63, 3.8) is 0 Å². The molecule has 134 valence electrons. The minimum absolute atomic E-state index is 0.113. The minimum Gasteiger partial charge on any atom is -0.344 e. The van der Waals surface area contributed by atoms with Crippen LogP contribution >= 0.6 is 0 Å². The molecule has 6 heteroatoms. The van der Waals surface area contributed by atoms with Gasteiger partial charge in [0.15, 0.2) is 5.69 Å². The Bertz CT molecular complexity index is 908. The van der Waals surface area contributed by atoms with Gasteiger partial charge in [-0.1, -0.05) is 47.7 Å². The van der Waals surface area contributed by atoms with E-state index in [2.05, 4.69) is 45.2 Å². The number of fused-ring (bicyclic) bond motifs is 1. The van der Waals surface area contributed by atoms with Gasteiger partial charge in [0.1, 0.15) is 0 Å². The first-order chi connectivity index (χ1) is 12.7. The molecule has 2 aromatic carbocycles. The van der Waals surface area contributed by atoms with Crippen molar-refractivity contribution in [2.75, 3.05) is 13.1 Å². The lowest BCUT2D eigenvalue weighted by Gasteiger charge is -2.22. The minimum atomic E-state index is -0.189. The molecule has 0 bridgehead atoms. The highest BCUT2D eigenvalue weighted by Gasteiger charge is 2.20. The van der Waals surface area contributed by atoms with Gasteiger partial charge < -0.3 is 10.6 Å². The van der Waals surface area contributed by atoms with Crippen LogP contribution < -0.4 is 10.6 Å². The van der Waals surface area contributed by atoms with Crippen LogP contribution in [-0.4, -0.2) is 34.0 Å². The van der Waals surface area contributed by atoms with Gasteiger partial charge in [0.2, 0.25) is 0 Å². The molecule has 1 atom stereocenters. The number of benzene rings is 2. The Morgan fingerprint density at radius 3 is 2.81 bits per heavy atom. The van der Waals surface area contributed by atoms with Crippen LogP contribution in [0.5, 0.6) is 0 Å². The highest BCUT2D eigenvalue weighted by Crippen LogP contribution is 2.24. The van der Waals surface area contributed by atoms with Crippen LogP contribution in [0.1, 0.15) is 47.9 Å². The monoisotopic (exact) mass is 349 g/mol. The largest absolute Gasteiger partial charge is 0.344 e. The third-order valence-electron chi connectivity index (χ3n) is 5.06. The fraction of sp³-hybridized carbons (Fsp3) is 0.350. The van der Waals surface area contributed by atoms with E-state index in [0.717, 1.165) is 36.9 Å². The van der Waals surface area contributed by atoms with Gasteiger partial charge in [-0.15, -0.1) is 5.10 Å². The molecule has 1 aliphatic heterocycles. The molecule has 1 aromatic heterocycles. The molecule has 1 saturated heterocycles. The summed E-state index contributed by atoms with van der Waals surface area (Å²) in [5.74, 6) is -0.189. The highest BCUT2D eigenvalue weighted by molar-refractivity contribution is 5.93. The third-order valence-corrected chi connectivity index (χ3v) is 5.06. The average molecular weight is 349 g/mol. The lowest BCUT2D eigenvalue weighted by molar-refractivity contribution is 0.0935. The SMILES string of the molecule is CC(NC(=O)c1cn(C2CCNCC2)nn1)c1cccc2ccccc12. The summed E-state index contributed by atoms with van der Waals surface area (Å²) in [6.45, 7) is 3.95. The first kappa shape index (κ1) is 16.7. The summed E-state index contributed by atoms with van der Waals surface area (Å²) in [5.41, 5.74) is 1.47. The lowest BCUT2D eigenvalue weighted by Crippen LogP contribution is -2.29. The maximum Gasteiger partial charge on any atom is 0.273 e. The van der Waals surface area contributed by atoms with Crippen LogP contribution in [0.3, 0.4) is 0 Å². The molecule has 3 aromatic rings. The predicted octanol–water partition coefficient (Wildman–Crippen LogP) is 2.85. The number of aromatic nitrogens is 3. The van der Waals surface area contributed by atoms with E-state index in [-0.39, 0.29) is 11.9 Å². The van der Waals surface area contributed by atoms with Gasteiger partial charge in [-0.3, -0.25) is 4.79 Å². The number of nitrogens with one attached hydrogen (secondary N) is 2. The van der Waals surface area contributed by atoms with E-state index in [0.29, 0.717) is 11.7 Å². The van der Waals surface area contributed by atoms with Gasteiger partial charge in [0.05, 0.1) is 18.3 Å². The Kier molecular flexibility index (Phi) is 4.67. The molecule has 2 heterocycles. The zero-order valence-corrected chi connectivity index (χ0v) is 14.9. The Hall–Kier alpha value is -2.73. The van der Waals surface area contributed by atoms with Crippen LogP contribution in [0.15, 0.2) is 48.7 Å². The Morgan fingerprint density at radius 1 is 1.19 bits per heavy atom. The Labute approximate surface area is 152 Å². The summed E-state index contributed by atoms with van der Waals surface area (Å²) >= 11 is 0. The second-order valence-electron chi connectivity index (χ2n) is 6.83. The molecule has 26 heavy (non-hydrogen) atoms. The highest BCUT2D eigenvalue weighted by atomic mass is 16.2. The van der Waals surface area contributed by atoms with Crippen LogP contribution in [0.4, 0.5) is 0 Å². The maximum atomic E-state index is 12.6. The van der Waals surface area contributed by atoms with Gasteiger partial charge in [-0.25, -0.2) is 4.68 Å². The predicted molar refractivity (Wildman–Crippen MR) is 101 cm³/mol. The van der Waals surface area contributed by atoms with Crippen molar-refractivity contribution < 1.29 is 4.79 Å². The van der Waals surface area contributed by atoms with Gasteiger partial charge in [0.25, 0.3) is 5.91 Å². The van der Waals surface area contributed by atoms with Gasteiger partial charge in [-0.05, 0) is 49.2 Å². The zero-order chi connectivity index (χ0) is 17.9. The maximum absolute atomic E-state index is 12.6. The van der Waals surface area contributed by atoms with Crippen molar-refractivity contribution in [1.82, 2.24) is 25.6 Å². The Balaban J connectivity index is 1.50. The molecule has 0 radical (unpaired) electrons. The molecule has 0 spiro atoms. The molecule has 6 nitrogen and oxygen atoms in total. The second-order valence-corrected chi connectivity index (χ2v) is 6.83. The number of amides is 1. The number of piperidine rings is 1. The first-order valence-corrected chi connectivity index (χ1v) is 9.13. The Morgan fingerprint density at radius 2 is 1.96 bits per heavy atom. The normalized spacial score (nSPS) is 16.5. The topological polar surface area (TPSA) is 71.8 Å². The molecule has 1 aliphatic rings. The van der Waals surface area contributed by atoms with Gasteiger partial charge >= 0.3 is 0 Å². The standard InChI is InChI=1S/C20H23N5O/c1-14(17-8-4-6-15-5-2-3-7-18(15)17)22-20(26)19-13-25(24-23-19)16-9-11-21-12-10-16/h2-8,13-14,16,21H,9-12H2,1H3,(H,22,26). The van der Waals surface area contributed by atoms with Crippen LogP contribution in [0.25, 0.3) is 10.8 Å². The van der Waals surface area contributed by atoms with E-state index in [1.165, 1.54) is 5.39 Å². The fourth-order valence-electron chi connectivity index (χ4n) is 3.61. The molecule has 4 rings (SSSR count). The van der Waals surface area contributed by atoms with E-state index in [9.17, 15) is 4.79 Å². The smallest absolute Gasteiger partial charge is 0.273 e. The van der Waals surface area contributed by atoms with Crippen LogP contribution in [0, 0.1) is 0 Å². The van der Waals surface area contributed by atoms with E-state index in [1.54, 1.807) is 6.20 Å². The van der Waals surface area contributed by atoms with E-state index in [1.807, 2.05) is 29.8 Å². The summed E-state index contributed by atoms with van der Waals surface area (Å²) in [7, 11) is 0. The molecule has 1 unspecified atom stereocenters. The van der Waals surface area contributed by atoms with Crippen LogP contribution in [0.2, 0.25) is 0 Å². The summed E-state index contributed by atoms with van der Waals surface area (Å²) in [6.07, 6.45) is 3.79. The van der Waals surface area contributed by atoms with Crippen molar-refractivity contribution in [2.24, 2.45) is 0 Å². The van der Waals surface area contributed by atoms with Crippen molar-refractivity contribution in [2.45, 2.75) is 31.8 Å². The van der Waals surface area contributed by atoms with Gasteiger partial charge in [0, 0.05) is 0 Å². The zero-order valence-electron chi connectivity index (χ0n) is 14.9. The fourth-order valence-corrected chi connectivity index (χ4v) is 3.61. The molecule has 2 N–H and O–H groups in total. The quantitative estimate of drug-likeness (QED) is 0.760. The van der Waals surface area contributed by atoms with Crippen LogP contribution in [-0.2, 0) is 0 Å². The van der Waals surface area contributed by atoms with Crippen molar-refractivity contribution in [3.8, 4) is 0 Å². The number of carbonyl (C=O) groups excluding carboxylic acids is 1. The van der Waals surface area contributed by atoms with E-state index < -0.39 is 0 Å². The molecule has 1 amide bonds. The summed E-state index contributed by atoms with van der Waals surface area (Å²) in [6, 6.07) is 14.6. The van der Waals surface area contributed by atoms with E-state index >= 15 is 0 Å². The second kappa shape index (κ2) is 7.25. The summed E-state index contributed by atoms with van der Waals surface area (Å²) in [4.78, 5) is 12.6. The van der Waals surface area contributed by atoms with Crippen molar-refractivity contribution in [3.05, 3.63) is 59.9 Å². The van der Waals surface area contributed by atoms with Crippen molar-refractivity contribution in [1.29, 1.82) is 0 Å². The molecule has 1 fully saturated rings. The number of hydrogen-bond acceptors (Lipinski definition) is 4. The summed E-state index contributed by atoms with van der Waals surface area (Å²) in [5, 5.41) is 17.0. The van der Waals surface area contributed by atoms with Crippen molar-refractivity contribution >= 4 is 16.7 Å². The van der Waals surface area contributed by atoms with E-state index in [4.69, 9.17) is 0 Å². The molecule has 0 aliphatic carbocycles. The lowest BCUT2D eigenvalue weighted by atomic mass is 9.99. The molecular formula is C20H23N5O. The number of carbonyl (C=O) groups is 1. The number of rotatable bonds is 4. The number of nitrogens with zero attached hydrogens (tertiary/aromatic N) is 3. The molecule has 0 saturated carbocycles. The summed E-state index contributed by atoms with van der Waals surface area (Å²) < 4.78 is 1.83. The first-order valence-electron chi connectivity index (χ1n) is 9.13.